The highest BCUT2D eigenvalue weighted by Crippen LogP contribution is 2.26. The van der Waals surface area contributed by atoms with E-state index in [1.807, 2.05) is 6.07 Å². The van der Waals surface area contributed by atoms with Crippen molar-refractivity contribution in [1.29, 1.82) is 0 Å². The molecule has 0 aromatic carbocycles. The Morgan fingerprint density at radius 2 is 2.14 bits per heavy atom. The van der Waals surface area contributed by atoms with Crippen LogP contribution in [0.15, 0.2) is 17.3 Å². The highest BCUT2D eigenvalue weighted by Gasteiger charge is 2.09. The standard InChI is InChI=1S/C9H16N4S/c1-6(2)7(3)14-8-4-5-11-9(12-8)13-10/h4-7H,10H2,1-3H3,(H,11,12,13). The van der Waals surface area contributed by atoms with E-state index in [2.05, 4.69) is 36.2 Å². The molecule has 1 aromatic rings. The fourth-order valence-corrected chi connectivity index (χ4v) is 1.74. The molecule has 0 aliphatic rings. The summed E-state index contributed by atoms with van der Waals surface area (Å²) in [6.45, 7) is 6.58. The molecule has 1 heterocycles. The number of thioether (sulfide) groups is 1. The number of hydrogen-bond donors (Lipinski definition) is 2. The van der Waals surface area contributed by atoms with E-state index in [1.165, 1.54) is 0 Å². The minimum absolute atomic E-state index is 0.464. The number of anilines is 1. The van der Waals surface area contributed by atoms with Gasteiger partial charge in [-0.3, -0.25) is 5.43 Å². The number of nitrogen functional groups attached to an aromatic ring is 1. The summed E-state index contributed by atoms with van der Waals surface area (Å²) in [6, 6.07) is 1.89. The Bertz CT molecular complexity index is 290. The van der Waals surface area contributed by atoms with Crippen LogP contribution < -0.4 is 11.3 Å². The molecule has 3 N–H and O–H groups in total. The summed E-state index contributed by atoms with van der Waals surface area (Å²) in [5.74, 6) is 6.32. The topological polar surface area (TPSA) is 63.8 Å². The number of nitrogens with two attached hydrogens (primary N) is 1. The lowest BCUT2D eigenvalue weighted by molar-refractivity contribution is 0.641. The van der Waals surface area contributed by atoms with Gasteiger partial charge < -0.3 is 0 Å². The molecule has 1 atom stereocenters. The molecule has 0 amide bonds. The predicted molar refractivity (Wildman–Crippen MR) is 60.0 cm³/mol. The molecule has 0 aliphatic heterocycles. The normalized spacial score (nSPS) is 12.9. The van der Waals surface area contributed by atoms with E-state index in [1.54, 1.807) is 18.0 Å². The molecule has 1 unspecified atom stereocenters. The van der Waals surface area contributed by atoms with Crippen molar-refractivity contribution in [1.82, 2.24) is 9.97 Å². The van der Waals surface area contributed by atoms with Crippen LogP contribution in [0.5, 0.6) is 0 Å². The minimum atomic E-state index is 0.464. The Morgan fingerprint density at radius 3 is 2.71 bits per heavy atom. The molecule has 78 valence electrons. The lowest BCUT2D eigenvalue weighted by Gasteiger charge is -2.14. The summed E-state index contributed by atoms with van der Waals surface area (Å²) in [7, 11) is 0. The number of hydrazine groups is 1. The van der Waals surface area contributed by atoms with Gasteiger partial charge in [-0.25, -0.2) is 15.8 Å². The van der Waals surface area contributed by atoms with Crippen LogP contribution in [-0.2, 0) is 0 Å². The maximum Gasteiger partial charge on any atom is 0.238 e. The number of nitrogens with one attached hydrogen (secondary N) is 1. The zero-order chi connectivity index (χ0) is 10.6. The van der Waals surface area contributed by atoms with Crippen LogP contribution in [0.25, 0.3) is 0 Å². The van der Waals surface area contributed by atoms with Crippen molar-refractivity contribution in [3.63, 3.8) is 0 Å². The average Bonchev–Trinajstić information content (AvgIpc) is 2.18. The number of rotatable bonds is 4. The fraction of sp³-hybridized carbons (Fsp3) is 0.556. The molecule has 1 aromatic heterocycles. The lowest BCUT2D eigenvalue weighted by atomic mass is 10.2. The SMILES string of the molecule is CC(C)C(C)Sc1ccnc(NN)n1. The molecule has 5 heteroatoms. The second kappa shape index (κ2) is 5.17. The lowest BCUT2D eigenvalue weighted by Crippen LogP contribution is -2.11. The first kappa shape index (κ1) is 11.3. The molecule has 4 nitrogen and oxygen atoms in total. The Hall–Kier alpha value is -0.810. The molecule has 0 radical (unpaired) electrons. The van der Waals surface area contributed by atoms with Crippen molar-refractivity contribution in [2.75, 3.05) is 5.43 Å². The van der Waals surface area contributed by atoms with Gasteiger partial charge in [-0.1, -0.05) is 20.8 Å². The predicted octanol–water partition coefficient (Wildman–Crippen LogP) is 1.90. The van der Waals surface area contributed by atoms with Crippen molar-refractivity contribution in [2.24, 2.45) is 11.8 Å². The third-order valence-electron chi connectivity index (χ3n) is 2.00. The Balaban J connectivity index is 2.66. The van der Waals surface area contributed by atoms with E-state index in [9.17, 15) is 0 Å². The van der Waals surface area contributed by atoms with Crippen LogP contribution in [0.1, 0.15) is 20.8 Å². The molecule has 0 bridgehead atoms. The Labute approximate surface area is 88.7 Å². The van der Waals surface area contributed by atoms with Gasteiger partial charge in [0.2, 0.25) is 5.95 Å². The summed E-state index contributed by atoms with van der Waals surface area (Å²) in [6.07, 6.45) is 1.71. The molecule has 1 rings (SSSR count). The van der Waals surface area contributed by atoms with E-state index in [-0.39, 0.29) is 0 Å². The first-order chi connectivity index (χ1) is 6.63. The van der Waals surface area contributed by atoms with Crippen molar-refractivity contribution < 1.29 is 0 Å². The van der Waals surface area contributed by atoms with Gasteiger partial charge in [-0.05, 0) is 12.0 Å². The van der Waals surface area contributed by atoms with Crippen molar-refractivity contribution in [2.45, 2.75) is 31.0 Å². The highest BCUT2D eigenvalue weighted by atomic mass is 32.2. The van der Waals surface area contributed by atoms with E-state index in [0.717, 1.165) is 5.03 Å². The average molecular weight is 212 g/mol. The molecular formula is C9H16N4S. The zero-order valence-electron chi connectivity index (χ0n) is 8.69. The van der Waals surface area contributed by atoms with Gasteiger partial charge in [0.15, 0.2) is 0 Å². The van der Waals surface area contributed by atoms with Gasteiger partial charge >= 0.3 is 0 Å². The summed E-state index contributed by atoms with van der Waals surface area (Å²) < 4.78 is 0. The molecule has 0 fully saturated rings. The zero-order valence-corrected chi connectivity index (χ0v) is 9.51. The highest BCUT2D eigenvalue weighted by molar-refractivity contribution is 7.99. The largest absolute Gasteiger partial charge is 0.292 e. The van der Waals surface area contributed by atoms with Gasteiger partial charge in [-0.15, -0.1) is 11.8 Å². The quantitative estimate of drug-likeness (QED) is 0.345. The molecule has 14 heavy (non-hydrogen) atoms. The van der Waals surface area contributed by atoms with E-state index in [4.69, 9.17) is 5.84 Å². The molecular weight excluding hydrogens is 196 g/mol. The van der Waals surface area contributed by atoms with Crippen LogP contribution in [-0.4, -0.2) is 15.2 Å². The van der Waals surface area contributed by atoms with Gasteiger partial charge in [0.25, 0.3) is 0 Å². The Morgan fingerprint density at radius 1 is 1.43 bits per heavy atom. The van der Waals surface area contributed by atoms with Crippen LogP contribution in [0, 0.1) is 5.92 Å². The summed E-state index contributed by atoms with van der Waals surface area (Å²) in [5, 5.41) is 1.49. The maximum atomic E-state index is 5.23. The fourth-order valence-electron chi connectivity index (χ4n) is 0.804. The van der Waals surface area contributed by atoms with E-state index in [0.29, 0.717) is 17.1 Å². The first-order valence-corrected chi connectivity index (χ1v) is 5.47. The molecule has 0 saturated heterocycles. The first-order valence-electron chi connectivity index (χ1n) is 4.59. The number of hydrogen-bond acceptors (Lipinski definition) is 5. The molecule has 0 aliphatic carbocycles. The van der Waals surface area contributed by atoms with Gasteiger partial charge in [-0.2, -0.15) is 0 Å². The van der Waals surface area contributed by atoms with Crippen LogP contribution in [0.2, 0.25) is 0 Å². The van der Waals surface area contributed by atoms with Crippen LogP contribution in [0.3, 0.4) is 0 Å². The summed E-state index contributed by atoms with van der Waals surface area (Å²) in [4.78, 5) is 8.18. The third kappa shape index (κ3) is 3.16. The molecule has 0 saturated carbocycles. The third-order valence-corrected chi connectivity index (χ3v) is 3.39. The number of nitrogens with zero attached hydrogens (tertiary/aromatic N) is 2. The van der Waals surface area contributed by atoms with Gasteiger partial charge in [0.1, 0.15) is 5.03 Å². The monoisotopic (exact) mass is 212 g/mol. The number of aromatic nitrogens is 2. The van der Waals surface area contributed by atoms with Crippen LogP contribution >= 0.6 is 11.8 Å². The van der Waals surface area contributed by atoms with Crippen molar-refractivity contribution in [3.8, 4) is 0 Å². The minimum Gasteiger partial charge on any atom is -0.292 e. The summed E-state index contributed by atoms with van der Waals surface area (Å²) >= 11 is 1.73. The van der Waals surface area contributed by atoms with Crippen molar-refractivity contribution >= 4 is 17.7 Å². The smallest absolute Gasteiger partial charge is 0.238 e. The van der Waals surface area contributed by atoms with Gasteiger partial charge in [0, 0.05) is 11.4 Å². The second-order valence-corrected chi connectivity index (χ2v) is 4.83. The molecule has 0 spiro atoms. The van der Waals surface area contributed by atoms with Crippen molar-refractivity contribution in [3.05, 3.63) is 12.3 Å². The Kier molecular flexibility index (Phi) is 4.16. The second-order valence-electron chi connectivity index (χ2n) is 3.43. The van der Waals surface area contributed by atoms with Gasteiger partial charge in [0.05, 0.1) is 0 Å². The maximum absolute atomic E-state index is 5.23. The van der Waals surface area contributed by atoms with E-state index < -0.39 is 0 Å². The van der Waals surface area contributed by atoms with E-state index >= 15 is 0 Å². The van der Waals surface area contributed by atoms with Crippen LogP contribution in [0.4, 0.5) is 5.95 Å². The summed E-state index contributed by atoms with van der Waals surface area (Å²) in [5.41, 5.74) is 2.43.